The number of hydrogen-bond donors (Lipinski definition) is 1. The van der Waals surface area contributed by atoms with Crippen LogP contribution in [0.15, 0.2) is 0 Å². The zero-order valence-electron chi connectivity index (χ0n) is 12.3. The first-order valence-corrected chi connectivity index (χ1v) is 8.18. The Morgan fingerprint density at radius 1 is 1.06 bits per heavy atom. The highest BCUT2D eigenvalue weighted by Gasteiger charge is 2.37. The summed E-state index contributed by atoms with van der Waals surface area (Å²) in [7, 11) is 0. The van der Waals surface area contributed by atoms with Crippen molar-refractivity contribution < 1.29 is 5.11 Å². The summed E-state index contributed by atoms with van der Waals surface area (Å²) in [5.74, 6) is 1.42. The molecule has 1 aliphatic heterocycles. The largest absolute Gasteiger partial charge is 0.393 e. The average Bonchev–Trinajstić information content (AvgIpc) is 2.84. The highest BCUT2D eigenvalue weighted by molar-refractivity contribution is 4.90. The van der Waals surface area contributed by atoms with Gasteiger partial charge in [-0.25, -0.2) is 0 Å². The van der Waals surface area contributed by atoms with Crippen molar-refractivity contribution in [1.82, 2.24) is 4.90 Å². The Bertz CT molecular complexity index is 239. The van der Waals surface area contributed by atoms with Crippen LogP contribution in [0.4, 0.5) is 0 Å². The van der Waals surface area contributed by atoms with Crippen molar-refractivity contribution >= 4 is 0 Å². The number of nitrogens with zero attached hydrogens (tertiary/aromatic N) is 1. The van der Waals surface area contributed by atoms with Crippen LogP contribution < -0.4 is 0 Å². The van der Waals surface area contributed by atoms with E-state index in [-0.39, 0.29) is 6.10 Å². The van der Waals surface area contributed by atoms with Gasteiger partial charge in [-0.05, 0) is 38.1 Å². The third-order valence-electron chi connectivity index (χ3n) is 5.34. The molecule has 1 saturated carbocycles. The first-order chi connectivity index (χ1) is 8.76. The molecule has 106 valence electrons. The summed E-state index contributed by atoms with van der Waals surface area (Å²) in [5.41, 5.74) is 0. The number of likely N-dealkylation sites (tertiary alicyclic amines) is 1. The van der Waals surface area contributed by atoms with E-state index >= 15 is 0 Å². The second-order valence-corrected chi connectivity index (χ2v) is 6.40. The van der Waals surface area contributed by atoms with Gasteiger partial charge in [0, 0.05) is 18.5 Å². The quantitative estimate of drug-likeness (QED) is 0.811. The molecule has 0 aromatic carbocycles. The topological polar surface area (TPSA) is 23.5 Å². The molecule has 1 aliphatic carbocycles. The van der Waals surface area contributed by atoms with Crippen molar-refractivity contribution in [2.75, 3.05) is 13.1 Å². The van der Waals surface area contributed by atoms with Crippen LogP contribution in [0.5, 0.6) is 0 Å². The van der Waals surface area contributed by atoms with Crippen LogP contribution in [0, 0.1) is 11.8 Å². The molecule has 0 aromatic heterocycles. The molecule has 0 aromatic rings. The summed E-state index contributed by atoms with van der Waals surface area (Å²) >= 11 is 0. The van der Waals surface area contributed by atoms with E-state index in [0.29, 0.717) is 12.0 Å². The van der Waals surface area contributed by atoms with E-state index in [1.165, 1.54) is 58.0 Å². The minimum absolute atomic E-state index is 0.0222. The van der Waals surface area contributed by atoms with Crippen molar-refractivity contribution in [3.63, 3.8) is 0 Å². The first kappa shape index (κ1) is 14.3. The summed E-state index contributed by atoms with van der Waals surface area (Å²) in [6.07, 6.45) is 10.1. The van der Waals surface area contributed by atoms with Crippen molar-refractivity contribution in [3.8, 4) is 0 Å². The molecule has 3 atom stereocenters. The zero-order valence-corrected chi connectivity index (χ0v) is 12.3. The maximum Gasteiger partial charge on any atom is 0.0583 e. The number of aliphatic hydroxyl groups is 1. The number of hydrogen-bond acceptors (Lipinski definition) is 2. The van der Waals surface area contributed by atoms with Crippen LogP contribution in [0.1, 0.15) is 65.2 Å². The minimum Gasteiger partial charge on any atom is -0.393 e. The predicted molar refractivity (Wildman–Crippen MR) is 76.6 cm³/mol. The maximum atomic E-state index is 10.3. The highest BCUT2D eigenvalue weighted by atomic mass is 16.3. The molecule has 0 bridgehead atoms. The average molecular weight is 253 g/mol. The molecule has 0 radical (unpaired) electrons. The first-order valence-electron chi connectivity index (χ1n) is 8.18. The van der Waals surface area contributed by atoms with Gasteiger partial charge in [-0.3, -0.25) is 4.90 Å². The van der Waals surface area contributed by atoms with Crippen LogP contribution in [-0.2, 0) is 0 Å². The molecule has 3 unspecified atom stereocenters. The van der Waals surface area contributed by atoms with Crippen molar-refractivity contribution in [3.05, 3.63) is 0 Å². The maximum absolute atomic E-state index is 10.3. The summed E-state index contributed by atoms with van der Waals surface area (Å²) in [4.78, 5) is 2.71. The van der Waals surface area contributed by atoms with E-state index in [2.05, 4.69) is 18.7 Å². The van der Waals surface area contributed by atoms with E-state index in [1.54, 1.807) is 0 Å². The van der Waals surface area contributed by atoms with Crippen molar-refractivity contribution in [1.29, 1.82) is 0 Å². The number of rotatable bonds is 5. The fourth-order valence-corrected chi connectivity index (χ4v) is 4.03. The lowest BCUT2D eigenvalue weighted by Crippen LogP contribution is -2.44. The predicted octanol–water partition coefficient (Wildman–Crippen LogP) is 3.44. The van der Waals surface area contributed by atoms with Gasteiger partial charge in [0.05, 0.1) is 6.10 Å². The molecule has 1 heterocycles. The van der Waals surface area contributed by atoms with Crippen LogP contribution >= 0.6 is 0 Å². The van der Waals surface area contributed by atoms with E-state index in [4.69, 9.17) is 0 Å². The fraction of sp³-hybridized carbons (Fsp3) is 1.00. The van der Waals surface area contributed by atoms with Crippen LogP contribution in [0.3, 0.4) is 0 Å². The molecule has 2 heteroatoms. The standard InChI is InChI=1S/C16H31NO/c1-3-13(4-2)12-17-11-7-9-15(17)14-8-5-6-10-16(14)18/h13-16,18H,3-12H2,1-2H3. The Labute approximate surface area is 113 Å². The molecule has 18 heavy (non-hydrogen) atoms. The summed E-state index contributed by atoms with van der Waals surface area (Å²) < 4.78 is 0. The van der Waals surface area contributed by atoms with Gasteiger partial charge in [0.15, 0.2) is 0 Å². The van der Waals surface area contributed by atoms with Gasteiger partial charge < -0.3 is 5.11 Å². The summed E-state index contributed by atoms with van der Waals surface area (Å²) in [6, 6.07) is 0.681. The van der Waals surface area contributed by atoms with Crippen molar-refractivity contribution in [2.24, 2.45) is 11.8 Å². The molecule has 2 aliphatic rings. The normalized spacial score (nSPS) is 34.3. The van der Waals surface area contributed by atoms with E-state index in [9.17, 15) is 5.11 Å². The Morgan fingerprint density at radius 3 is 2.44 bits per heavy atom. The molecule has 0 spiro atoms. The van der Waals surface area contributed by atoms with Gasteiger partial charge in [0.2, 0.25) is 0 Å². The third kappa shape index (κ3) is 3.27. The lowest BCUT2D eigenvalue weighted by Gasteiger charge is -2.38. The molecular formula is C16H31NO. The SMILES string of the molecule is CCC(CC)CN1CCCC1C1CCCCC1O. The smallest absolute Gasteiger partial charge is 0.0583 e. The molecule has 1 saturated heterocycles. The molecule has 2 fully saturated rings. The second kappa shape index (κ2) is 6.91. The van der Waals surface area contributed by atoms with Gasteiger partial charge in [-0.15, -0.1) is 0 Å². The Kier molecular flexibility index (Phi) is 5.50. The third-order valence-corrected chi connectivity index (χ3v) is 5.34. The lowest BCUT2D eigenvalue weighted by molar-refractivity contribution is 0.0181. The minimum atomic E-state index is -0.0222. The molecule has 1 N–H and O–H groups in total. The summed E-state index contributed by atoms with van der Waals surface area (Å²) in [6.45, 7) is 7.16. The summed E-state index contributed by atoms with van der Waals surface area (Å²) in [5, 5.41) is 10.3. The Balaban J connectivity index is 1.93. The molecule has 0 amide bonds. The van der Waals surface area contributed by atoms with Gasteiger partial charge in [0.25, 0.3) is 0 Å². The highest BCUT2D eigenvalue weighted by Crippen LogP contribution is 2.35. The van der Waals surface area contributed by atoms with Crippen LogP contribution in [0.2, 0.25) is 0 Å². The lowest BCUT2D eigenvalue weighted by atomic mass is 9.80. The van der Waals surface area contributed by atoms with Gasteiger partial charge in [-0.1, -0.05) is 39.5 Å². The molecular weight excluding hydrogens is 222 g/mol. The second-order valence-electron chi connectivity index (χ2n) is 6.40. The van der Waals surface area contributed by atoms with Crippen LogP contribution in [-0.4, -0.2) is 35.2 Å². The van der Waals surface area contributed by atoms with Gasteiger partial charge in [-0.2, -0.15) is 0 Å². The zero-order chi connectivity index (χ0) is 13.0. The van der Waals surface area contributed by atoms with Crippen LogP contribution in [0.25, 0.3) is 0 Å². The Hall–Kier alpha value is -0.0800. The number of aliphatic hydroxyl groups excluding tert-OH is 1. The van der Waals surface area contributed by atoms with E-state index in [1.807, 2.05) is 0 Å². The van der Waals surface area contributed by atoms with E-state index in [0.717, 1.165) is 12.3 Å². The Morgan fingerprint density at radius 2 is 1.78 bits per heavy atom. The van der Waals surface area contributed by atoms with Gasteiger partial charge in [0.1, 0.15) is 0 Å². The van der Waals surface area contributed by atoms with E-state index < -0.39 is 0 Å². The van der Waals surface area contributed by atoms with Gasteiger partial charge >= 0.3 is 0 Å². The molecule has 2 nitrogen and oxygen atoms in total. The monoisotopic (exact) mass is 253 g/mol. The fourth-order valence-electron chi connectivity index (χ4n) is 4.03. The molecule has 2 rings (SSSR count). The van der Waals surface area contributed by atoms with Crippen molar-refractivity contribution in [2.45, 2.75) is 77.4 Å².